The number of nitrogens with zero attached hydrogens (tertiary/aromatic N) is 1. The van der Waals surface area contributed by atoms with Gasteiger partial charge in [-0.1, -0.05) is 6.42 Å². The summed E-state index contributed by atoms with van der Waals surface area (Å²) in [4.78, 5) is 37.8. The van der Waals surface area contributed by atoms with Crippen LogP contribution >= 0.6 is 12.4 Å². The van der Waals surface area contributed by atoms with Crippen LogP contribution in [0.15, 0.2) is 15.8 Å². The van der Waals surface area contributed by atoms with Crippen molar-refractivity contribution in [1.82, 2.24) is 14.9 Å². The standard InChI is InChI=1S/C15H22N4O3.ClH/c1-19-7-11(14(21)18-15(19)22)13(20)17-12-8-3-2-4-9(12)6-10(16)5-8;/h7-10,12H,2-6,16H2,1H3,(H,17,20)(H,18,21,22);1H. The van der Waals surface area contributed by atoms with Crippen LogP contribution in [0.4, 0.5) is 0 Å². The van der Waals surface area contributed by atoms with Crippen LogP contribution in [0.5, 0.6) is 0 Å². The van der Waals surface area contributed by atoms with Gasteiger partial charge in [0, 0.05) is 25.3 Å². The predicted octanol–water partition coefficient (Wildman–Crippen LogP) is 0.131. The van der Waals surface area contributed by atoms with Gasteiger partial charge in [0.05, 0.1) is 0 Å². The minimum atomic E-state index is -0.640. The summed E-state index contributed by atoms with van der Waals surface area (Å²) in [5.74, 6) is 0.366. The number of aromatic nitrogens is 2. The van der Waals surface area contributed by atoms with Crippen molar-refractivity contribution in [3.05, 3.63) is 32.6 Å². The number of nitrogens with one attached hydrogen (secondary N) is 2. The Morgan fingerprint density at radius 3 is 2.52 bits per heavy atom. The highest BCUT2D eigenvalue weighted by atomic mass is 35.5. The minimum absolute atomic E-state index is 0. The molecule has 1 amide bonds. The average Bonchev–Trinajstić information content (AvgIpc) is 2.43. The van der Waals surface area contributed by atoms with Gasteiger partial charge in [0.2, 0.25) is 0 Å². The van der Waals surface area contributed by atoms with Crippen molar-refractivity contribution in [2.45, 2.75) is 44.2 Å². The molecular weight excluding hydrogens is 320 g/mol. The third-order valence-electron chi connectivity index (χ3n) is 5.03. The van der Waals surface area contributed by atoms with E-state index in [0.29, 0.717) is 11.8 Å². The van der Waals surface area contributed by atoms with Crippen molar-refractivity contribution in [3.63, 3.8) is 0 Å². The highest BCUT2D eigenvalue weighted by Gasteiger charge is 2.40. The van der Waals surface area contributed by atoms with Gasteiger partial charge in [-0.05, 0) is 37.5 Å². The Hall–Kier alpha value is -1.60. The van der Waals surface area contributed by atoms with Crippen LogP contribution in [0, 0.1) is 11.8 Å². The molecule has 2 aliphatic carbocycles. The fraction of sp³-hybridized carbons (Fsp3) is 0.667. The molecule has 0 aliphatic heterocycles. The summed E-state index contributed by atoms with van der Waals surface area (Å²) >= 11 is 0. The Balaban J connectivity index is 0.00000192. The molecule has 2 aliphatic rings. The van der Waals surface area contributed by atoms with Gasteiger partial charge in [0.15, 0.2) is 0 Å². The van der Waals surface area contributed by atoms with Crippen LogP contribution < -0.4 is 22.3 Å². The lowest BCUT2D eigenvalue weighted by Gasteiger charge is -2.45. The van der Waals surface area contributed by atoms with Crippen LogP contribution in [-0.4, -0.2) is 27.5 Å². The number of carbonyl (C=O) groups excluding carboxylic acids is 1. The Morgan fingerprint density at radius 1 is 1.30 bits per heavy atom. The van der Waals surface area contributed by atoms with Crippen LogP contribution in [0.1, 0.15) is 42.5 Å². The zero-order valence-corrected chi connectivity index (χ0v) is 13.9. The van der Waals surface area contributed by atoms with Crippen molar-refractivity contribution in [3.8, 4) is 0 Å². The maximum atomic E-state index is 12.4. The van der Waals surface area contributed by atoms with Crippen molar-refractivity contribution in [1.29, 1.82) is 0 Å². The van der Waals surface area contributed by atoms with E-state index in [0.717, 1.165) is 25.7 Å². The van der Waals surface area contributed by atoms with Crippen LogP contribution in [0.3, 0.4) is 0 Å². The number of rotatable bonds is 2. The van der Waals surface area contributed by atoms with E-state index in [1.165, 1.54) is 24.2 Å². The summed E-state index contributed by atoms with van der Waals surface area (Å²) in [6.45, 7) is 0. The van der Waals surface area contributed by atoms with Crippen molar-refractivity contribution in [2.24, 2.45) is 24.6 Å². The minimum Gasteiger partial charge on any atom is -0.349 e. The molecule has 0 aromatic carbocycles. The number of amides is 1. The summed E-state index contributed by atoms with van der Waals surface area (Å²) < 4.78 is 1.20. The second-order valence-electron chi connectivity index (χ2n) is 6.59. The zero-order chi connectivity index (χ0) is 15.9. The summed E-state index contributed by atoms with van der Waals surface area (Å²) in [5, 5.41) is 3.02. The number of halogens is 1. The molecule has 0 radical (unpaired) electrons. The quantitative estimate of drug-likeness (QED) is 0.709. The van der Waals surface area contributed by atoms with Crippen LogP contribution in [0.2, 0.25) is 0 Å². The smallest absolute Gasteiger partial charge is 0.328 e. The Labute approximate surface area is 140 Å². The monoisotopic (exact) mass is 342 g/mol. The van der Waals surface area contributed by atoms with Gasteiger partial charge in [0.25, 0.3) is 11.5 Å². The predicted molar refractivity (Wildman–Crippen MR) is 88.8 cm³/mol. The van der Waals surface area contributed by atoms with Gasteiger partial charge in [-0.15, -0.1) is 12.4 Å². The van der Waals surface area contributed by atoms with Gasteiger partial charge in [-0.2, -0.15) is 0 Å². The second kappa shape index (κ2) is 6.88. The third-order valence-corrected chi connectivity index (χ3v) is 5.03. The summed E-state index contributed by atoms with van der Waals surface area (Å²) in [5.41, 5.74) is 4.90. The molecule has 8 heteroatoms. The Kier molecular flexibility index (Phi) is 5.31. The zero-order valence-electron chi connectivity index (χ0n) is 13.1. The highest BCUT2D eigenvalue weighted by Crippen LogP contribution is 2.39. The molecule has 0 spiro atoms. The number of hydrogen-bond donors (Lipinski definition) is 3. The van der Waals surface area contributed by atoms with Gasteiger partial charge in [-0.3, -0.25) is 14.6 Å². The highest BCUT2D eigenvalue weighted by molar-refractivity contribution is 5.93. The van der Waals surface area contributed by atoms with E-state index >= 15 is 0 Å². The molecule has 128 valence electrons. The summed E-state index contributed by atoms with van der Waals surface area (Å²) in [6, 6.07) is 0.294. The Morgan fingerprint density at radius 2 is 1.91 bits per heavy atom. The fourth-order valence-corrected chi connectivity index (χ4v) is 3.98. The van der Waals surface area contributed by atoms with Crippen molar-refractivity contribution >= 4 is 18.3 Å². The number of aromatic amines is 1. The second-order valence-corrected chi connectivity index (χ2v) is 6.59. The molecule has 0 saturated heterocycles. The SMILES string of the molecule is Cl.Cn1cc(C(=O)NC2C3CCCC2CC(N)C3)c(=O)[nH]c1=O. The average molecular weight is 343 g/mol. The molecule has 1 aromatic rings. The third kappa shape index (κ3) is 3.50. The number of fused-ring (bicyclic) bond motifs is 2. The number of carbonyl (C=O) groups is 1. The van der Waals surface area contributed by atoms with E-state index in [1.54, 1.807) is 0 Å². The maximum absolute atomic E-state index is 12.4. The molecule has 4 N–H and O–H groups in total. The van der Waals surface area contributed by atoms with Crippen molar-refractivity contribution in [2.75, 3.05) is 0 Å². The van der Waals surface area contributed by atoms with Gasteiger partial charge in [-0.25, -0.2) is 4.79 Å². The van der Waals surface area contributed by atoms with Crippen LogP contribution in [-0.2, 0) is 7.05 Å². The first-order valence-electron chi connectivity index (χ1n) is 7.82. The number of aryl methyl sites for hydroxylation is 1. The first-order chi connectivity index (χ1) is 10.5. The largest absolute Gasteiger partial charge is 0.349 e. The molecule has 23 heavy (non-hydrogen) atoms. The molecular formula is C15H23ClN4O3. The molecule has 2 fully saturated rings. The van der Waals surface area contributed by atoms with E-state index in [-0.39, 0.29) is 30.1 Å². The van der Waals surface area contributed by atoms with E-state index in [2.05, 4.69) is 10.3 Å². The molecule has 1 aromatic heterocycles. The molecule has 2 unspecified atom stereocenters. The summed E-state index contributed by atoms with van der Waals surface area (Å²) in [6.07, 6.45) is 6.45. The lowest BCUT2D eigenvalue weighted by atomic mass is 9.67. The first kappa shape index (κ1) is 17.7. The Bertz CT molecular complexity index is 685. The normalized spacial score (nSPS) is 29.5. The molecule has 1 heterocycles. The number of hydrogen-bond acceptors (Lipinski definition) is 4. The molecule has 2 saturated carbocycles. The number of nitrogens with two attached hydrogens (primary N) is 1. The maximum Gasteiger partial charge on any atom is 0.328 e. The fourth-order valence-electron chi connectivity index (χ4n) is 3.98. The van der Waals surface area contributed by atoms with E-state index in [1.807, 2.05) is 0 Å². The molecule has 3 rings (SSSR count). The van der Waals surface area contributed by atoms with Gasteiger partial charge in [0.1, 0.15) is 5.56 Å². The first-order valence-corrected chi connectivity index (χ1v) is 7.82. The van der Waals surface area contributed by atoms with Gasteiger partial charge >= 0.3 is 5.69 Å². The summed E-state index contributed by atoms with van der Waals surface area (Å²) in [7, 11) is 1.50. The topological polar surface area (TPSA) is 110 Å². The molecule has 2 bridgehead atoms. The van der Waals surface area contributed by atoms with Crippen molar-refractivity contribution < 1.29 is 4.79 Å². The van der Waals surface area contributed by atoms with E-state index < -0.39 is 17.2 Å². The lowest BCUT2D eigenvalue weighted by Crippen LogP contribution is -2.54. The lowest BCUT2D eigenvalue weighted by molar-refractivity contribution is 0.0754. The molecule has 2 atom stereocenters. The van der Waals surface area contributed by atoms with Gasteiger partial charge < -0.3 is 15.6 Å². The van der Waals surface area contributed by atoms with E-state index in [9.17, 15) is 14.4 Å². The number of H-pyrrole nitrogens is 1. The van der Waals surface area contributed by atoms with Crippen LogP contribution in [0.25, 0.3) is 0 Å². The van der Waals surface area contributed by atoms with E-state index in [4.69, 9.17) is 5.73 Å². The molecule has 7 nitrogen and oxygen atoms in total.